The van der Waals surface area contributed by atoms with Crippen LogP contribution in [0, 0.1) is 0 Å². The summed E-state index contributed by atoms with van der Waals surface area (Å²) in [6, 6.07) is 10.6. The van der Waals surface area contributed by atoms with Gasteiger partial charge in [0, 0.05) is 6.54 Å². The van der Waals surface area contributed by atoms with E-state index in [1.165, 1.54) is 37.8 Å². The Bertz CT molecular complexity index is 643. The first-order chi connectivity index (χ1) is 13.2. The standard InChI is InChI=1S/C18H32BN2O2.F5P.FH/c1-20(2,3)12-8-5-9-13-21-14-16-22-19(21,23-17-15-21)18-10-6-4-7-11-18;1-6(2,3,4)5;/h4,6-7,10-11H,5,8-9,12-17H2,1-3H3;;1H/q+1;;/p-1. The van der Waals surface area contributed by atoms with E-state index < -0.39 is 14.8 Å². The Kier molecular flexibility index (Phi) is 8.81. The smallest absolute Gasteiger partial charge is 1.00 e. The molecule has 2 saturated heterocycles. The van der Waals surface area contributed by atoms with Gasteiger partial charge in [-0.1, -0.05) is 35.8 Å². The van der Waals surface area contributed by atoms with E-state index in [2.05, 4.69) is 51.5 Å². The molecule has 3 rings (SSSR count). The number of fused-ring (bicyclic) bond motifs is 1. The van der Waals surface area contributed by atoms with Crippen molar-refractivity contribution in [1.29, 1.82) is 0 Å². The predicted octanol–water partition coefficient (Wildman–Crippen LogP) is 1.55. The van der Waals surface area contributed by atoms with E-state index in [-0.39, 0.29) is 4.70 Å². The fourth-order valence-corrected chi connectivity index (χ4v) is 4.39. The van der Waals surface area contributed by atoms with E-state index in [1.807, 2.05) is 0 Å². The molecule has 0 unspecified atom stereocenters. The molecule has 0 radical (unpaired) electrons. The molecule has 12 heteroatoms. The number of benzene rings is 1. The van der Waals surface area contributed by atoms with E-state index in [0.717, 1.165) is 35.2 Å². The Morgan fingerprint density at radius 3 is 1.87 bits per heavy atom. The van der Waals surface area contributed by atoms with Gasteiger partial charge in [0.05, 0.1) is 54.0 Å². The summed E-state index contributed by atoms with van der Waals surface area (Å²) in [6.07, 6.45) is 3.87. The fraction of sp³-hybridized carbons (Fsp3) is 0.667. The zero-order valence-electron chi connectivity index (χ0n) is 17.8. The molecule has 2 heterocycles. The van der Waals surface area contributed by atoms with Gasteiger partial charge in [0.2, 0.25) is 0 Å². The first-order valence-corrected chi connectivity index (χ1v) is 11.6. The van der Waals surface area contributed by atoms with Gasteiger partial charge in [-0.05, 0) is 19.3 Å². The summed E-state index contributed by atoms with van der Waals surface area (Å²) in [7, 11) is -1.73. The van der Waals surface area contributed by atoms with Gasteiger partial charge < -0.3 is 22.9 Å². The minimum absolute atomic E-state index is 0. The average molecular weight is 464 g/mol. The topological polar surface area (TPSA) is 18.5 Å². The molecule has 0 N–H and O–H groups in total. The third-order valence-electron chi connectivity index (χ3n) is 5.64. The van der Waals surface area contributed by atoms with Crippen molar-refractivity contribution in [2.24, 2.45) is 0 Å². The first kappa shape index (κ1) is 27.2. The Morgan fingerprint density at radius 1 is 0.900 bits per heavy atom. The summed E-state index contributed by atoms with van der Waals surface area (Å²) in [5.41, 5.74) is 1.24. The summed E-state index contributed by atoms with van der Waals surface area (Å²) in [5.74, 6) is 0. The quantitative estimate of drug-likeness (QED) is 0.201. The van der Waals surface area contributed by atoms with Crippen molar-refractivity contribution in [1.82, 2.24) is 0 Å². The summed E-state index contributed by atoms with van der Waals surface area (Å²) in [6.45, 7) is 4.97. The second-order valence-electron chi connectivity index (χ2n) is 8.93. The molecule has 4 nitrogen and oxygen atoms in total. The molecular formula is C18H32BF6N2O2P. The normalized spacial score (nSPS) is 27.3. The molecule has 30 heavy (non-hydrogen) atoms. The molecule has 2 aliphatic heterocycles. The van der Waals surface area contributed by atoms with Crippen LogP contribution in [0.1, 0.15) is 19.3 Å². The Morgan fingerprint density at radius 2 is 1.40 bits per heavy atom. The molecule has 0 saturated carbocycles. The summed E-state index contributed by atoms with van der Waals surface area (Å²) < 4.78 is 63.8. The molecule has 1 aromatic rings. The third kappa shape index (κ3) is 8.00. The fourth-order valence-electron chi connectivity index (χ4n) is 4.39. The Labute approximate surface area is 175 Å². The van der Waals surface area contributed by atoms with Crippen molar-refractivity contribution < 1.29 is 43.9 Å². The van der Waals surface area contributed by atoms with Crippen molar-refractivity contribution in [2.45, 2.75) is 19.3 Å². The maximum atomic E-state index is 9.84. The molecule has 176 valence electrons. The van der Waals surface area contributed by atoms with Gasteiger partial charge in [-0.25, -0.2) is 0 Å². The molecule has 0 spiro atoms. The van der Waals surface area contributed by atoms with Crippen LogP contribution in [0.15, 0.2) is 30.3 Å². The van der Waals surface area contributed by atoms with Crippen LogP contribution in [-0.4, -0.2) is 76.1 Å². The number of unbranched alkanes of at least 4 members (excludes halogenated alkanes) is 2. The molecular weight excluding hydrogens is 432 g/mol. The molecule has 0 aliphatic carbocycles. The maximum absolute atomic E-state index is 9.84. The van der Waals surface area contributed by atoms with Crippen LogP contribution in [0.4, 0.5) is 21.0 Å². The molecule has 0 atom stereocenters. The number of rotatable bonds is 7. The minimum Gasteiger partial charge on any atom is -1.00 e. The van der Waals surface area contributed by atoms with Crippen LogP contribution in [0.5, 0.6) is 0 Å². The van der Waals surface area contributed by atoms with E-state index in [4.69, 9.17) is 9.31 Å². The van der Waals surface area contributed by atoms with Crippen molar-refractivity contribution >= 4 is 20.3 Å². The summed E-state index contributed by atoms with van der Waals surface area (Å²) in [5, 5.41) is 0. The zero-order valence-corrected chi connectivity index (χ0v) is 18.6. The molecule has 0 aromatic heterocycles. The predicted molar refractivity (Wildman–Crippen MR) is 108 cm³/mol. The second-order valence-corrected chi connectivity index (χ2v) is 10.2. The Balaban J connectivity index is 0.000000567. The van der Waals surface area contributed by atoms with Gasteiger partial charge in [-0.15, -0.1) is 0 Å². The van der Waals surface area contributed by atoms with Crippen LogP contribution in [0.25, 0.3) is 0 Å². The van der Waals surface area contributed by atoms with Gasteiger partial charge >= 0.3 is 35.8 Å². The van der Waals surface area contributed by atoms with Gasteiger partial charge in [0.1, 0.15) is 0 Å². The number of halogens is 6. The Hall–Kier alpha value is -0.865. The van der Waals surface area contributed by atoms with E-state index >= 15 is 0 Å². The third-order valence-corrected chi connectivity index (χ3v) is 5.64. The average Bonchev–Trinajstić information content (AvgIpc) is 3.08. The number of nitrogens with zero attached hydrogens (tertiary/aromatic N) is 2. The van der Waals surface area contributed by atoms with Gasteiger partial charge in [0.25, 0.3) is 0 Å². The number of hydrogen-bond donors (Lipinski definition) is 0. The van der Waals surface area contributed by atoms with Gasteiger partial charge in [0.15, 0.2) is 0 Å². The van der Waals surface area contributed by atoms with E-state index in [1.54, 1.807) is 0 Å². The van der Waals surface area contributed by atoms with Crippen LogP contribution in [-0.2, 0) is 9.31 Å². The van der Waals surface area contributed by atoms with Crippen molar-refractivity contribution in [3.8, 4) is 0 Å². The minimum atomic E-state index is -8.55. The van der Waals surface area contributed by atoms with Crippen molar-refractivity contribution in [3.63, 3.8) is 0 Å². The molecule has 2 fully saturated rings. The van der Waals surface area contributed by atoms with Crippen molar-refractivity contribution in [2.75, 3.05) is 60.5 Å². The monoisotopic (exact) mass is 464 g/mol. The molecule has 0 amide bonds. The SMILES string of the molecule is C[N+](C)(C)CCCCC[N+]12CCO[B-]1(c1ccccc1)OCC2.FP(F)(F)(F)F.[F-]. The van der Waals surface area contributed by atoms with Gasteiger partial charge in [-0.3, -0.25) is 0 Å². The number of hydrogen-bond acceptors (Lipinski definition) is 2. The van der Waals surface area contributed by atoms with Gasteiger partial charge in [-0.2, -0.15) is 0 Å². The van der Waals surface area contributed by atoms with E-state index in [9.17, 15) is 21.0 Å². The van der Waals surface area contributed by atoms with Crippen LogP contribution >= 0.6 is 8.16 Å². The number of quaternary nitrogens is 2. The molecule has 1 aromatic carbocycles. The first-order valence-electron chi connectivity index (χ1n) is 9.96. The van der Waals surface area contributed by atoms with Crippen LogP contribution < -0.4 is 10.2 Å². The second kappa shape index (κ2) is 9.73. The summed E-state index contributed by atoms with van der Waals surface area (Å²) in [4.78, 5) is 0. The van der Waals surface area contributed by atoms with Crippen LogP contribution in [0.2, 0.25) is 0 Å². The molecule has 0 bridgehead atoms. The largest absolute Gasteiger partial charge is 1.00 e. The zero-order chi connectivity index (χ0) is 21.8. The van der Waals surface area contributed by atoms with Crippen molar-refractivity contribution in [3.05, 3.63) is 30.3 Å². The van der Waals surface area contributed by atoms with Crippen LogP contribution in [0.3, 0.4) is 0 Å². The molecule has 2 aliphatic rings. The van der Waals surface area contributed by atoms with E-state index in [0.29, 0.717) is 0 Å². The maximum Gasteiger partial charge on any atom is -1.00 e. The summed E-state index contributed by atoms with van der Waals surface area (Å²) >= 11 is 0.